The standard InChI is InChI=1S/C17H19NO5.C17H19NO4.2C17H17NO4.C17H15NO4.H2O4S/c1-18-5-4-16-13-8-2-3-9(19)14(13)23-15(16)10(20)7-12(21)17(16,22)11(18)6-8;3*1-18-7-6-16-13-9-2-3-10(19)14(13)22-15(16)11(20)4-5-17(16,21)12(18)8-9;19-10-3-2-9-8-12-17(21)6-4-11(20)15-16(17,5-1-7-18-12)13(9)14(10)22-15;1-5(2,3)4/h2-3,11-12,15,19,21-22H,4-7H2,1H3;2-3,12,15,19,21H,4-8H2,1H3;2*2-5,12,15,19,21H,6-8H2,1H3;2-4,6-7,12,15,19,21H,1,5,8H2;(H2,1,2,3,4)/t11-,12?,15+,16+,17+;4*12-,15+,16+,17-;/m11111./s1. The number of nitrogens with one attached hydrogen (secondary N) is 2. The summed E-state index contributed by atoms with van der Waals surface area (Å²) in [6.07, 6.45) is 14.4. The topological polar surface area (TPSA) is 462 Å². The van der Waals surface area contributed by atoms with E-state index in [4.69, 9.17) is 41.2 Å². The summed E-state index contributed by atoms with van der Waals surface area (Å²) < 4.78 is 63.6. The molecule has 10 aliphatic carbocycles. The molecule has 0 radical (unpaired) electrons. The third-order valence-electron chi connectivity index (χ3n) is 31.3. The zero-order valence-corrected chi connectivity index (χ0v) is 64.6. The maximum absolute atomic E-state index is 12.6. The minimum absolute atomic E-state index is 0.000284. The number of phenols is 5. The first kappa shape index (κ1) is 75.6. The fourth-order valence-corrected chi connectivity index (χ4v) is 26.4. The number of ketones is 5. The zero-order chi connectivity index (χ0) is 81.6. The molecule has 6 fully saturated rings. The van der Waals surface area contributed by atoms with Crippen molar-refractivity contribution in [1.29, 1.82) is 0 Å². The average Bonchev–Trinajstić information content (AvgIpc) is 1.45. The summed E-state index contributed by atoms with van der Waals surface area (Å²) in [5, 5.41) is 120. The molecule has 0 aromatic heterocycles. The molecule has 0 amide bonds. The number of aromatic hydroxyl groups is 5. The summed E-state index contributed by atoms with van der Waals surface area (Å²) in [5.74, 6) is 1.59. The van der Waals surface area contributed by atoms with E-state index in [0.29, 0.717) is 99.5 Å². The van der Waals surface area contributed by atoms with E-state index in [1.54, 1.807) is 48.6 Å². The van der Waals surface area contributed by atoms with Crippen LogP contribution in [0.5, 0.6) is 57.5 Å². The van der Waals surface area contributed by atoms with Crippen molar-refractivity contribution in [2.24, 2.45) is 0 Å². The van der Waals surface area contributed by atoms with E-state index in [1.165, 1.54) is 23.1 Å². The van der Waals surface area contributed by atoms with E-state index < -0.39 is 102 Å². The number of aliphatic hydroxyl groups excluding tert-OH is 1. The molecular formula is C85H89N5O25S. The molecule has 610 valence electrons. The Balaban J connectivity index is 0.0000000921. The van der Waals surface area contributed by atoms with Gasteiger partial charge in [-0.3, -0.25) is 37.3 Å². The molecule has 13 N–H and O–H groups in total. The van der Waals surface area contributed by atoms with Crippen LogP contribution in [-0.2, 0) is 93.6 Å². The molecule has 5 spiro atoms. The number of hydrogen-bond acceptors (Lipinski definition) is 28. The lowest BCUT2D eigenvalue weighted by atomic mass is 9.48. The molecule has 20 aliphatic rings. The van der Waals surface area contributed by atoms with E-state index >= 15 is 0 Å². The van der Waals surface area contributed by atoms with Gasteiger partial charge in [0.2, 0.25) is 0 Å². The number of Topliss-reactive ketones (excluding diaryl/α,β-unsaturated/α-hetero) is 2. The van der Waals surface area contributed by atoms with Gasteiger partial charge < -0.3 is 104 Å². The van der Waals surface area contributed by atoms with Gasteiger partial charge in [0.05, 0.1) is 52.4 Å². The minimum atomic E-state index is -5.17. The summed E-state index contributed by atoms with van der Waals surface area (Å²) in [6, 6.07) is 17.0. The lowest BCUT2D eigenvalue weighted by Gasteiger charge is -2.63. The highest BCUT2D eigenvalue weighted by atomic mass is 32.3. The highest BCUT2D eigenvalue weighted by molar-refractivity contribution is 7.79. The predicted molar refractivity (Wildman–Crippen MR) is 400 cm³/mol. The number of quaternary nitrogens is 1. The first-order chi connectivity index (χ1) is 54.9. The van der Waals surface area contributed by atoms with Gasteiger partial charge in [-0.1, -0.05) is 30.3 Å². The van der Waals surface area contributed by atoms with Crippen LogP contribution in [0.4, 0.5) is 0 Å². The number of rotatable bonds is 0. The summed E-state index contributed by atoms with van der Waals surface area (Å²) >= 11 is 0. The molecule has 30 nitrogen and oxygen atoms in total. The number of carbonyl (C=O) groups is 5. The van der Waals surface area contributed by atoms with Crippen LogP contribution >= 0.6 is 0 Å². The van der Waals surface area contributed by atoms with Crippen LogP contribution in [0, 0.1) is 0 Å². The van der Waals surface area contributed by atoms with Crippen molar-refractivity contribution < 1.29 is 131 Å². The van der Waals surface area contributed by atoms with Gasteiger partial charge in [-0.25, -0.2) is 4.99 Å². The second kappa shape index (κ2) is 24.5. The first-order valence-electron chi connectivity index (χ1n) is 39.8. The lowest BCUT2D eigenvalue weighted by Crippen LogP contribution is -3.19. The number of carbonyl (C=O) groups excluding carboxylic acids is 5. The van der Waals surface area contributed by atoms with Gasteiger partial charge in [0.15, 0.2) is 129 Å². The van der Waals surface area contributed by atoms with Gasteiger partial charge in [0.1, 0.15) is 29.1 Å². The van der Waals surface area contributed by atoms with Crippen molar-refractivity contribution in [3.63, 3.8) is 0 Å². The average molecular weight is 1610 g/mol. The number of hydrogen-bond donors (Lipinski definition) is 13. The number of aliphatic hydroxyl groups is 6. The number of nitrogens with zero attached hydrogens (tertiary/aromatic N) is 3. The van der Waals surface area contributed by atoms with E-state index in [0.717, 1.165) is 94.5 Å². The van der Waals surface area contributed by atoms with Gasteiger partial charge in [-0.15, -0.1) is 0 Å². The Morgan fingerprint density at radius 3 is 1.34 bits per heavy atom. The Morgan fingerprint density at radius 1 is 0.448 bits per heavy atom. The molecule has 10 aliphatic heterocycles. The normalized spacial score (nSPS) is 40.9. The molecule has 2 saturated carbocycles. The number of ether oxygens (including phenoxy) is 5. The van der Waals surface area contributed by atoms with Gasteiger partial charge in [-0.05, 0) is 187 Å². The van der Waals surface area contributed by atoms with E-state index in [2.05, 4.69) is 26.7 Å². The summed E-state index contributed by atoms with van der Waals surface area (Å²) in [6.45, 7) is 3.21. The third kappa shape index (κ3) is 9.07. The Bertz CT molecular complexity index is 5370. The van der Waals surface area contributed by atoms with Gasteiger partial charge in [-0.2, -0.15) is 0 Å². The SMILES string of the molecule is CN1CC[C@]23c4c5ccc(O)c4O[C@H]2C(=O)C=C[C@@]3(O)[C@H]1C5.CN1CC[C@]23c4c5ccc(O)c4O[C@H]2C(=O)CC(O)[C@@]3(O)[C@H]1C5.CN1CC[C@]23c4c5ccc(O)c4O[C@H]2C(=O)CC[C@@]3(O)[C@H]1C5.C[NH+]1CC[C@]23c4c5ccc(O)c4O[C@H]2C(=O)C=C[C@@]3(O)[C@H]1C5.O=C1C=C[C@@]2(O)[C@H]3Cc4ccc(O)c5c4[C@@]2(CCC=[NH+]3)[C@H]1O5.O=S(=O)([O-])[O-]. The van der Waals surface area contributed by atoms with Crippen molar-refractivity contribution in [1.82, 2.24) is 14.7 Å². The molecule has 2 unspecified atom stereocenters. The molecule has 116 heavy (non-hydrogen) atoms. The first-order valence-corrected chi connectivity index (χ1v) is 41.1. The Kier molecular flexibility index (Phi) is 16.0. The summed E-state index contributed by atoms with van der Waals surface area (Å²) in [5.41, 5.74) is -0.315. The summed E-state index contributed by atoms with van der Waals surface area (Å²) in [7, 11) is 2.92. The number of phenolic OH excluding ortho intramolecular Hbond substituents is 5. The smallest absolute Gasteiger partial charge is 0.197 e. The van der Waals surface area contributed by atoms with E-state index in [-0.39, 0.29) is 94.3 Å². The van der Waals surface area contributed by atoms with Crippen LogP contribution in [0.25, 0.3) is 0 Å². The maximum atomic E-state index is 12.6. The fourth-order valence-electron chi connectivity index (χ4n) is 26.4. The van der Waals surface area contributed by atoms with Crippen LogP contribution < -0.4 is 33.6 Å². The van der Waals surface area contributed by atoms with Crippen LogP contribution in [0.2, 0.25) is 0 Å². The number of likely N-dealkylation sites (tertiary alicyclic amines) is 4. The fraction of sp³-hybridized carbons (Fsp3) is 0.506. The lowest BCUT2D eigenvalue weighted by molar-refractivity contribution is -0.922. The number of piperidine rings is 4. The number of benzene rings is 5. The molecule has 25 rings (SSSR count). The second-order valence-corrected chi connectivity index (χ2v) is 36.5. The van der Waals surface area contributed by atoms with E-state index in [9.17, 15) is 80.1 Å². The molecule has 10 heterocycles. The third-order valence-corrected chi connectivity index (χ3v) is 31.3. The minimum Gasteiger partial charge on any atom is -0.759 e. The molecule has 22 atom stereocenters. The Labute approximate surface area is 664 Å². The molecule has 4 saturated heterocycles. The predicted octanol–water partition coefficient (Wildman–Crippen LogP) is -2.12. The van der Waals surface area contributed by atoms with Crippen molar-refractivity contribution in [2.75, 3.05) is 54.4 Å². The highest BCUT2D eigenvalue weighted by Gasteiger charge is 2.79. The summed E-state index contributed by atoms with van der Waals surface area (Å²) in [4.78, 5) is 73.5. The van der Waals surface area contributed by atoms with Gasteiger partial charge >= 0.3 is 0 Å². The van der Waals surface area contributed by atoms with Crippen LogP contribution in [-0.4, -0.2) is 273 Å². The molecule has 31 heteroatoms. The largest absolute Gasteiger partial charge is 0.759 e. The van der Waals surface area contributed by atoms with Crippen LogP contribution in [0.1, 0.15) is 113 Å². The molecular weight excluding hydrogens is 1520 g/mol. The van der Waals surface area contributed by atoms with Gasteiger partial charge in [0.25, 0.3) is 0 Å². The van der Waals surface area contributed by atoms with Crippen molar-refractivity contribution in [3.05, 3.63) is 153 Å². The Hall–Kier alpha value is -9.19. The van der Waals surface area contributed by atoms with E-state index in [1.807, 2.05) is 57.7 Å². The van der Waals surface area contributed by atoms with Crippen LogP contribution in [0.15, 0.2) is 97.1 Å². The maximum Gasteiger partial charge on any atom is 0.197 e. The quantitative estimate of drug-likeness (QED) is 0.0582. The Morgan fingerprint density at radius 2 is 0.828 bits per heavy atom. The molecule has 5 aromatic rings. The van der Waals surface area contributed by atoms with Gasteiger partial charge in [0, 0.05) is 94.9 Å². The van der Waals surface area contributed by atoms with Crippen LogP contribution in [0.3, 0.4) is 0 Å². The molecule has 5 aromatic carbocycles. The molecule has 10 bridgehead atoms. The van der Waals surface area contributed by atoms with Crippen molar-refractivity contribution in [2.45, 2.75) is 212 Å². The second-order valence-electron chi connectivity index (χ2n) is 35.7. The highest BCUT2D eigenvalue weighted by Crippen LogP contribution is 2.70. The number of likely N-dealkylation sites (N-methyl/N-ethyl adjacent to an activating group) is 4. The monoisotopic (exact) mass is 1610 g/mol. The van der Waals surface area contributed by atoms with Crippen molar-refractivity contribution in [3.8, 4) is 57.5 Å². The van der Waals surface area contributed by atoms with Crippen molar-refractivity contribution >= 4 is 45.5 Å². The zero-order valence-electron chi connectivity index (χ0n) is 63.8.